The van der Waals surface area contributed by atoms with E-state index in [2.05, 4.69) is 24.1 Å². The van der Waals surface area contributed by atoms with E-state index in [1.807, 2.05) is 0 Å². The van der Waals surface area contributed by atoms with Crippen LogP contribution in [0.15, 0.2) is 18.5 Å². The molecule has 2 rings (SSSR count). The minimum absolute atomic E-state index is 0.0162. The molecule has 0 unspecified atom stereocenters. The quantitative estimate of drug-likeness (QED) is 0.653. The Balaban J connectivity index is 2.01. The van der Waals surface area contributed by atoms with Gasteiger partial charge < -0.3 is 10.1 Å². The summed E-state index contributed by atoms with van der Waals surface area (Å²) < 4.78 is 5.71. The zero-order chi connectivity index (χ0) is 13.8. The predicted molar refractivity (Wildman–Crippen MR) is 72.1 cm³/mol. The third-order valence-corrected chi connectivity index (χ3v) is 3.47. The van der Waals surface area contributed by atoms with E-state index >= 15 is 0 Å². The highest BCUT2D eigenvalue weighted by Gasteiger charge is 2.30. The molecule has 1 aromatic rings. The smallest absolute Gasteiger partial charge is 0.310 e. The molecule has 1 fully saturated rings. The van der Waals surface area contributed by atoms with Crippen molar-refractivity contribution in [3.05, 3.63) is 28.6 Å². The molecule has 1 aliphatic heterocycles. The number of nitrogens with zero attached hydrogens (tertiary/aromatic N) is 2. The van der Waals surface area contributed by atoms with Gasteiger partial charge in [-0.25, -0.2) is 0 Å². The van der Waals surface area contributed by atoms with Crippen LogP contribution in [0, 0.1) is 22.0 Å². The van der Waals surface area contributed by atoms with Crippen molar-refractivity contribution in [2.24, 2.45) is 11.8 Å². The Morgan fingerprint density at radius 2 is 2.42 bits per heavy atom. The van der Waals surface area contributed by atoms with Crippen LogP contribution in [-0.2, 0) is 4.74 Å². The lowest BCUT2D eigenvalue weighted by atomic mass is 9.93. The van der Waals surface area contributed by atoms with Crippen molar-refractivity contribution < 1.29 is 9.66 Å². The number of hydrogen-bond donors (Lipinski definition) is 1. The molecule has 6 nitrogen and oxygen atoms in total. The van der Waals surface area contributed by atoms with Gasteiger partial charge in [0.15, 0.2) is 0 Å². The maximum absolute atomic E-state index is 10.9. The van der Waals surface area contributed by atoms with Crippen molar-refractivity contribution >= 4 is 11.4 Å². The summed E-state index contributed by atoms with van der Waals surface area (Å²) in [5.74, 6) is 0.856. The van der Waals surface area contributed by atoms with E-state index in [9.17, 15) is 10.1 Å². The molecule has 1 N–H and O–H groups in total. The first-order chi connectivity index (χ1) is 9.09. The van der Waals surface area contributed by atoms with Crippen LogP contribution in [0.3, 0.4) is 0 Å². The molecule has 0 saturated carbocycles. The van der Waals surface area contributed by atoms with Crippen LogP contribution in [-0.4, -0.2) is 29.2 Å². The van der Waals surface area contributed by atoms with Gasteiger partial charge in [0.1, 0.15) is 11.9 Å². The molecule has 104 valence electrons. The number of aromatic nitrogens is 1. The standard InChI is InChI=1S/C13H19N3O3/c1-9(2)13-10(4-6-19-13)7-15-11-3-5-14-8-12(11)16(17)18/h3,5,8-10,13H,4,6-7H2,1-2H3,(H,14,15)/t10-,13-/m1/s1. The van der Waals surface area contributed by atoms with Gasteiger partial charge in [-0.15, -0.1) is 0 Å². The lowest BCUT2D eigenvalue weighted by molar-refractivity contribution is -0.384. The number of hydrogen-bond acceptors (Lipinski definition) is 5. The second-order valence-electron chi connectivity index (χ2n) is 5.16. The monoisotopic (exact) mass is 265 g/mol. The predicted octanol–water partition coefficient (Wildman–Crippen LogP) is 2.46. The highest BCUT2D eigenvalue weighted by molar-refractivity contribution is 5.59. The average Bonchev–Trinajstić information content (AvgIpc) is 2.85. The van der Waals surface area contributed by atoms with Crippen molar-refractivity contribution in [1.82, 2.24) is 4.98 Å². The van der Waals surface area contributed by atoms with Crippen molar-refractivity contribution in [3.63, 3.8) is 0 Å². The third kappa shape index (κ3) is 3.20. The maximum atomic E-state index is 10.9. The van der Waals surface area contributed by atoms with Gasteiger partial charge in [-0.05, 0) is 18.4 Å². The maximum Gasteiger partial charge on any atom is 0.310 e. The van der Waals surface area contributed by atoms with Gasteiger partial charge in [-0.2, -0.15) is 0 Å². The molecule has 6 heteroatoms. The summed E-state index contributed by atoms with van der Waals surface area (Å²) in [4.78, 5) is 14.3. The first-order valence-corrected chi connectivity index (χ1v) is 6.53. The van der Waals surface area contributed by atoms with E-state index < -0.39 is 4.92 Å². The molecular weight excluding hydrogens is 246 g/mol. The SMILES string of the molecule is CC(C)[C@H]1OCC[C@@H]1CNc1ccncc1[N+](=O)[O-]. The summed E-state index contributed by atoms with van der Waals surface area (Å²) >= 11 is 0. The number of ether oxygens (including phenoxy) is 1. The number of nitrogens with one attached hydrogen (secondary N) is 1. The summed E-state index contributed by atoms with van der Waals surface area (Å²) in [5, 5.41) is 14.1. The molecule has 1 aliphatic rings. The first kappa shape index (κ1) is 13.7. The van der Waals surface area contributed by atoms with Gasteiger partial charge in [0.05, 0.1) is 11.0 Å². The van der Waals surface area contributed by atoms with Crippen LogP contribution in [0.4, 0.5) is 11.4 Å². The van der Waals surface area contributed by atoms with Gasteiger partial charge in [-0.3, -0.25) is 15.1 Å². The summed E-state index contributed by atoms with van der Waals surface area (Å²) in [5.41, 5.74) is 0.539. The first-order valence-electron chi connectivity index (χ1n) is 6.53. The highest BCUT2D eigenvalue weighted by atomic mass is 16.6. The zero-order valence-electron chi connectivity index (χ0n) is 11.2. The molecule has 0 bridgehead atoms. The molecule has 0 aliphatic carbocycles. The van der Waals surface area contributed by atoms with Crippen molar-refractivity contribution in [2.75, 3.05) is 18.5 Å². The van der Waals surface area contributed by atoms with Gasteiger partial charge in [0.25, 0.3) is 0 Å². The van der Waals surface area contributed by atoms with Crippen molar-refractivity contribution in [2.45, 2.75) is 26.4 Å². The molecular formula is C13H19N3O3. The van der Waals surface area contributed by atoms with Crippen LogP contribution in [0.2, 0.25) is 0 Å². The molecule has 2 atom stereocenters. The van der Waals surface area contributed by atoms with Crippen molar-refractivity contribution in [1.29, 1.82) is 0 Å². The summed E-state index contributed by atoms with van der Waals surface area (Å²) in [6, 6.07) is 1.64. The van der Waals surface area contributed by atoms with Crippen LogP contribution >= 0.6 is 0 Å². The number of pyridine rings is 1. The minimum atomic E-state index is -0.416. The van der Waals surface area contributed by atoms with Crippen LogP contribution in [0.5, 0.6) is 0 Å². The van der Waals surface area contributed by atoms with Crippen molar-refractivity contribution in [3.8, 4) is 0 Å². The summed E-state index contributed by atoms with van der Waals surface area (Å²) in [6.45, 7) is 5.73. The Labute approximate surface area is 112 Å². The molecule has 0 amide bonds. The van der Waals surface area contributed by atoms with Gasteiger partial charge in [-0.1, -0.05) is 13.8 Å². The van der Waals surface area contributed by atoms with E-state index in [1.54, 1.807) is 12.3 Å². The minimum Gasteiger partial charge on any atom is -0.379 e. The lowest BCUT2D eigenvalue weighted by Gasteiger charge is -2.22. The Morgan fingerprint density at radius 3 is 3.11 bits per heavy atom. The normalized spacial score (nSPS) is 22.7. The Morgan fingerprint density at radius 1 is 1.63 bits per heavy atom. The van der Waals surface area contributed by atoms with Crippen LogP contribution in [0.25, 0.3) is 0 Å². The summed E-state index contributed by atoms with van der Waals surface area (Å²) in [6.07, 6.45) is 4.05. The molecule has 0 aromatic carbocycles. The Kier molecular flexibility index (Phi) is 4.31. The van der Waals surface area contributed by atoms with Crippen LogP contribution in [0.1, 0.15) is 20.3 Å². The second kappa shape index (κ2) is 5.97. The fourth-order valence-corrected chi connectivity index (χ4v) is 2.53. The fraction of sp³-hybridized carbons (Fsp3) is 0.615. The topological polar surface area (TPSA) is 77.3 Å². The number of nitro groups is 1. The average molecular weight is 265 g/mol. The third-order valence-electron chi connectivity index (χ3n) is 3.47. The van der Waals surface area contributed by atoms with Gasteiger partial charge >= 0.3 is 5.69 Å². The number of rotatable bonds is 5. The Bertz CT molecular complexity index is 451. The fourth-order valence-electron chi connectivity index (χ4n) is 2.53. The van der Waals surface area contributed by atoms with E-state index in [0.29, 0.717) is 24.1 Å². The number of anilines is 1. The van der Waals surface area contributed by atoms with Gasteiger partial charge in [0.2, 0.25) is 0 Å². The molecule has 19 heavy (non-hydrogen) atoms. The second-order valence-corrected chi connectivity index (χ2v) is 5.16. The molecule has 0 spiro atoms. The molecule has 1 saturated heterocycles. The molecule has 0 radical (unpaired) electrons. The van der Waals surface area contributed by atoms with E-state index in [0.717, 1.165) is 13.0 Å². The van der Waals surface area contributed by atoms with Gasteiger partial charge in [0, 0.05) is 25.3 Å². The molecule has 1 aromatic heterocycles. The lowest BCUT2D eigenvalue weighted by Crippen LogP contribution is -2.28. The van der Waals surface area contributed by atoms with E-state index in [1.165, 1.54) is 6.20 Å². The van der Waals surface area contributed by atoms with E-state index in [4.69, 9.17) is 4.74 Å². The van der Waals surface area contributed by atoms with Crippen LogP contribution < -0.4 is 5.32 Å². The van der Waals surface area contributed by atoms with E-state index in [-0.39, 0.29) is 11.8 Å². The zero-order valence-corrected chi connectivity index (χ0v) is 11.2. The largest absolute Gasteiger partial charge is 0.379 e. The summed E-state index contributed by atoms with van der Waals surface area (Å²) in [7, 11) is 0. The highest BCUT2D eigenvalue weighted by Crippen LogP contribution is 2.28. The molecule has 2 heterocycles. The Hall–Kier alpha value is -1.69.